The van der Waals surface area contributed by atoms with Crippen LogP contribution in [0.25, 0.3) is 22.3 Å². The number of aromatic nitrogens is 8. The van der Waals surface area contributed by atoms with Crippen molar-refractivity contribution in [1.82, 2.24) is 39.7 Å². The second-order valence-corrected chi connectivity index (χ2v) is 8.14. The van der Waals surface area contributed by atoms with Gasteiger partial charge >= 0.3 is 7.82 Å². The number of nitrogens with two attached hydrogens (primary N) is 1. The van der Waals surface area contributed by atoms with Gasteiger partial charge in [0.1, 0.15) is 35.7 Å². The first-order valence-electron chi connectivity index (χ1n) is 9.12. The first kappa shape index (κ1) is 20.6. The third-order valence-electron chi connectivity index (χ3n) is 4.76. The molecule has 5 rings (SSSR count). The molecule has 0 radical (unpaired) electrons. The molecule has 1 fully saturated rings. The van der Waals surface area contributed by atoms with Crippen molar-refractivity contribution in [3.63, 3.8) is 0 Å². The lowest BCUT2D eigenvalue weighted by Crippen LogP contribution is -2.34. The number of nitrogens with zero attached hydrogens (tertiary/aromatic N) is 8. The van der Waals surface area contributed by atoms with E-state index in [0.717, 1.165) is 0 Å². The molecule has 0 aromatic carbocycles. The van der Waals surface area contributed by atoms with Gasteiger partial charge < -0.3 is 20.7 Å². The van der Waals surface area contributed by atoms with Crippen LogP contribution in [-0.4, -0.2) is 79.7 Å². The van der Waals surface area contributed by atoms with Gasteiger partial charge in [-0.25, -0.2) is 24.5 Å². The normalized spacial score (nSPS) is 25.3. The molecule has 17 heteroatoms. The second kappa shape index (κ2) is 7.70. The number of fused-ring (bicyclic) bond motifs is 2. The van der Waals surface area contributed by atoms with E-state index < -0.39 is 39.0 Å². The molecule has 5 N–H and O–H groups in total. The summed E-state index contributed by atoms with van der Waals surface area (Å²) in [5, 5.41) is 28.1. The Bertz CT molecular complexity index is 1330. The van der Waals surface area contributed by atoms with Crippen LogP contribution in [-0.2, 0) is 13.8 Å². The predicted molar refractivity (Wildman–Crippen MR) is 103 cm³/mol. The van der Waals surface area contributed by atoms with E-state index in [0.29, 0.717) is 15.9 Å². The van der Waals surface area contributed by atoms with Crippen LogP contribution in [0.1, 0.15) is 6.23 Å². The summed E-state index contributed by atoms with van der Waals surface area (Å²) in [6, 6.07) is 3.20. The number of hydrogen-bond acceptors (Lipinski definition) is 13. The standard InChI is InChI=1S/C15H16N9O7P/c16-12-9-14(19-5-18-12)23(6-20-9)15-11(26)10(25)8(30-15)4-29-32(27,28)31-24-13-7(21-22-24)2-1-3-17-13/h1-3,5-6,8,10-11,15,25-26H,4H2,(H,27,28)(H2,16,18,19)/t8-,10-,11-,15-/m1/s1. The Morgan fingerprint density at radius 2 is 2.03 bits per heavy atom. The zero-order chi connectivity index (χ0) is 22.5. The molecule has 5 heterocycles. The van der Waals surface area contributed by atoms with Gasteiger partial charge in [-0.05, 0) is 22.2 Å². The number of anilines is 1. The molecule has 4 aromatic heterocycles. The molecule has 0 aliphatic carbocycles. The molecule has 5 atom stereocenters. The monoisotopic (exact) mass is 465 g/mol. The van der Waals surface area contributed by atoms with Crippen molar-refractivity contribution in [3.8, 4) is 0 Å². The van der Waals surface area contributed by atoms with Gasteiger partial charge in [0.25, 0.3) is 0 Å². The fourth-order valence-electron chi connectivity index (χ4n) is 3.24. The third-order valence-corrected chi connectivity index (χ3v) is 5.60. The van der Waals surface area contributed by atoms with Gasteiger partial charge in [0.05, 0.1) is 12.9 Å². The Balaban J connectivity index is 1.29. The van der Waals surface area contributed by atoms with Gasteiger partial charge in [-0.3, -0.25) is 18.6 Å². The first-order valence-corrected chi connectivity index (χ1v) is 10.6. The van der Waals surface area contributed by atoms with Crippen LogP contribution in [0.15, 0.2) is 31.0 Å². The second-order valence-electron chi connectivity index (χ2n) is 6.78. The maximum atomic E-state index is 12.3. The molecule has 0 saturated carbocycles. The van der Waals surface area contributed by atoms with E-state index >= 15 is 0 Å². The summed E-state index contributed by atoms with van der Waals surface area (Å²) in [6.45, 7) is -0.591. The lowest BCUT2D eigenvalue weighted by molar-refractivity contribution is -0.0518. The fraction of sp³-hybridized carbons (Fsp3) is 0.333. The highest BCUT2D eigenvalue weighted by Crippen LogP contribution is 2.41. The van der Waals surface area contributed by atoms with Crippen LogP contribution >= 0.6 is 7.82 Å². The summed E-state index contributed by atoms with van der Waals surface area (Å²) in [4.78, 5) is 26.6. The van der Waals surface area contributed by atoms with Crippen molar-refractivity contribution >= 4 is 36.0 Å². The summed E-state index contributed by atoms with van der Waals surface area (Å²) in [5.74, 6) is 0.134. The molecule has 1 saturated heterocycles. The summed E-state index contributed by atoms with van der Waals surface area (Å²) < 4.78 is 29.2. The molecule has 32 heavy (non-hydrogen) atoms. The van der Waals surface area contributed by atoms with Crippen LogP contribution in [0.2, 0.25) is 0 Å². The number of hydrogen-bond donors (Lipinski definition) is 4. The molecule has 0 bridgehead atoms. The maximum absolute atomic E-state index is 12.3. The highest BCUT2D eigenvalue weighted by Gasteiger charge is 2.45. The quantitative estimate of drug-likeness (QED) is 0.236. The van der Waals surface area contributed by atoms with Crippen molar-refractivity contribution in [1.29, 1.82) is 0 Å². The number of aliphatic hydroxyl groups is 2. The van der Waals surface area contributed by atoms with Gasteiger partial charge in [0.2, 0.25) is 5.65 Å². The van der Waals surface area contributed by atoms with Gasteiger partial charge in [-0.15, -0.1) is 5.10 Å². The minimum atomic E-state index is -4.72. The Hall–Kier alpha value is -3.27. The Morgan fingerprint density at radius 3 is 2.88 bits per heavy atom. The molecular formula is C15H16N9O7P. The summed E-state index contributed by atoms with van der Waals surface area (Å²) in [5.41, 5.74) is 6.76. The number of phosphoric ester groups is 1. The van der Waals surface area contributed by atoms with E-state index in [9.17, 15) is 19.7 Å². The van der Waals surface area contributed by atoms with Gasteiger partial charge in [-0.2, -0.15) is 0 Å². The van der Waals surface area contributed by atoms with Gasteiger partial charge in [0.15, 0.2) is 17.7 Å². The van der Waals surface area contributed by atoms with E-state index in [4.69, 9.17) is 19.6 Å². The molecule has 1 aliphatic heterocycles. The Kier molecular flexibility index (Phi) is 4.96. The molecule has 1 unspecified atom stereocenters. The van der Waals surface area contributed by atoms with Gasteiger partial charge in [-0.1, -0.05) is 0 Å². The zero-order valence-corrected chi connectivity index (χ0v) is 16.9. The number of imidazole rings is 1. The molecule has 4 aromatic rings. The summed E-state index contributed by atoms with van der Waals surface area (Å²) in [7, 11) is -4.72. The molecule has 168 valence electrons. The molecule has 0 amide bonds. The van der Waals surface area contributed by atoms with Crippen LogP contribution in [0.3, 0.4) is 0 Å². The van der Waals surface area contributed by atoms with Crippen molar-refractivity contribution in [2.75, 3.05) is 12.3 Å². The highest BCUT2D eigenvalue weighted by atomic mass is 31.2. The summed E-state index contributed by atoms with van der Waals surface area (Å²) in [6.07, 6.45) is -1.19. The largest absolute Gasteiger partial charge is 0.548 e. The van der Waals surface area contributed by atoms with Crippen LogP contribution in [0, 0.1) is 0 Å². The average Bonchev–Trinajstić information content (AvgIpc) is 3.45. The number of rotatable bonds is 6. The SMILES string of the molecule is Nc1ncnc2c1ncn2[C@@H]1O[C@H](COP(=O)(O)On2nnc3cccnc32)[C@@H](O)[C@H]1O. The molecular weight excluding hydrogens is 449 g/mol. The maximum Gasteiger partial charge on any atom is 0.548 e. The molecule has 1 aliphatic rings. The summed E-state index contributed by atoms with van der Waals surface area (Å²) >= 11 is 0. The number of aliphatic hydroxyl groups excluding tert-OH is 2. The first-order chi connectivity index (χ1) is 15.3. The molecule has 0 spiro atoms. The van der Waals surface area contributed by atoms with Crippen molar-refractivity contribution < 1.29 is 33.6 Å². The average molecular weight is 465 g/mol. The number of nitrogen functional groups attached to an aromatic ring is 1. The van der Waals surface area contributed by atoms with E-state index in [2.05, 4.69) is 30.2 Å². The molecule has 16 nitrogen and oxygen atoms in total. The third kappa shape index (κ3) is 3.54. The van der Waals surface area contributed by atoms with E-state index in [1.165, 1.54) is 23.4 Å². The minimum Gasteiger partial charge on any atom is -0.387 e. The van der Waals surface area contributed by atoms with Crippen LogP contribution in [0.4, 0.5) is 5.82 Å². The number of ether oxygens (including phenoxy) is 1. The number of phosphoric acid groups is 1. The number of pyridine rings is 1. The minimum absolute atomic E-state index is 0.103. The van der Waals surface area contributed by atoms with Gasteiger partial charge in [0, 0.05) is 6.20 Å². The lowest BCUT2D eigenvalue weighted by Gasteiger charge is -2.17. The van der Waals surface area contributed by atoms with E-state index in [1.807, 2.05) is 0 Å². The van der Waals surface area contributed by atoms with Crippen molar-refractivity contribution in [3.05, 3.63) is 31.0 Å². The highest BCUT2D eigenvalue weighted by molar-refractivity contribution is 7.47. The van der Waals surface area contributed by atoms with Crippen LogP contribution in [0.5, 0.6) is 0 Å². The topological polar surface area (TPSA) is 219 Å². The Labute approximate surface area is 177 Å². The smallest absolute Gasteiger partial charge is 0.387 e. The lowest BCUT2D eigenvalue weighted by atomic mass is 10.1. The Morgan fingerprint density at radius 1 is 1.19 bits per heavy atom. The fourth-order valence-corrected chi connectivity index (χ4v) is 3.93. The predicted octanol–water partition coefficient (Wildman–Crippen LogP) is -1.59. The van der Waals surface area contributed by atoms with Crippen molar-refractivity contribution in [2.24, 2.45) is 0 Å². The van der Waals surface area contributed by atoms with Crippen molar-refractivity contribution in [2.45, 2.75) is 24.5 Å². The van der Waals surface area contributed by atoms with E-state index in [1.54, 1.807) is 12.1 Å². The van der Waals surface area contributed by atoms with Crippen LogP contribution < -0.4 is 10.4 Å². The zero-order valence-electron chi connectivity index (χ0n) is 16.0. The van der Waals surface area contributed by atoms with E-state index in [-0.39, 0.29) is 17.1 Å².